The summed E-state index contributed by atoms with van der Waals surface area (Å²) >= 11 is 1.82. The number of carbonyl (C=O) groups excluding carboxylic acids is 1. The van der Waals surface area contributed by atoms with Gasteiger partial charge in [0.1, 0.15) is 5.56 Å². The van der Waals surface area contributed by atoms with E-state index in [0.29, 0.717) is 29.3 Å². The van der Waals surface area contributed by atoms with Gasteiger partial charge in [0, 0.05) is 35.3 Å². The Morgan fingerprint density at radius 3 is 2.57 bits per heavy atom. The van der Waals surface area contributed by atoms with Gasteiger partial charge in [0.2, 0.25) is 0 Å². The van der Waals surface area contributed by atoms with E-state index in [2.05, 4.69) is 5.43 Å². The number of hydrogen-bond acceptors (Lipinski definition) is 6. The number of hydrogen-bond donors (Lipinski definition) is 2. The predicted molar refractivity (Wildman–Crippen MR) is 83.3 cm³/mol. The lowest BCUT2D eigenvalue weighted by molar-refractivity contribution is -0.385. The summed E-state index contributed by atoms with van der Waals surface area (Å²) in [6, 6.07) is 4.21. The summed E-state index contributed by atoms with van der Waals surface area (Å²) in [5, 5.41) is 11.7. The summed E-state index contributed by atoms with van der Waals surface area (Å²) in [4.78, 5) is 24.9. The van der Waals surface area contributed by atoms with Crippen LogP contribution in [-0.2, 0) is 0 Å². The number of carbonyl (C=O) groups is 1. The van der Waals surface area contributed by atoms with Crippen LogP contribution in [0.4, 0.5) is 11.4 Å². The van der Waals surface area contributed by atoms with Crippen molar-refractivity contribution in [2.45, 2.75) is 24.3 Å². The molecule has 1 aromatic rings. The maximum Gasteiger partial charge on any atom is 0.282 e. The van der Waals surface area contributed by atoms with Gasteiger partial charge in [-0.1, -0.05) is 13.8 Å². The first-order chi connectivity index (χ1) is 9.92. The number of anilines is 1. The van der Waals surface area contributed by atoms with Crippen molar-refractivity contribution in [2.75, 3.05) is 18.5 Å². The number of benzene rings is 1. The van der Waals surface area contributed by atoms with Crippen LogP contribution < -0.4 is 11.3 Å². The molecule has 8 heteroatoms. The molecule has 7 nitrogen and oxygen atoms in total. The van der Waals surface area contributed by atoms with E-state index in [9.17, 15) is 14.9 Å². The first kappa shape index (κ1) is 15.6. The molecule has 1 heterocycles. The molecule has 0 spiro atoms. The first-order valence-electron chi connectivity index (χ1n) is 6.62. The van der Waals surface area contributed by atoms with Gasteiger partial charge in [0.15, 0.2) is 0 Å². The lowest BCUT2D eigenvalue weighted by atomic mass is 10.1. The Labute approximate surface area is 127 Å². The van der Waals surface area contributed by atoms with E-state index in [1.807, 2.05) is 25.6 Å². The molecule has 1 fully saturated rings. The second-order valence-corrected chi connectivity index (χ2v) is 6.98. The molecule has 1 aromatic carbocycles. The van der Waals surface area contributed by atoms with Crippen LogP contribution in [-0.4, -0.2) is 39.3 Å². The molecule has 21 heavy (non-hydrogen) atoms. The van der Waals surface area contributed by atoms with Gasteiger partial charge in [0.05, 0.1) is 4.92 Å². The van der Waals surface area contributed by atoms with Gasteiger partial charge < -0.3 is 10.3 Å². The van der Waals surface area contributed by atoms with Crippen LogP contribution in [0.1, 0.15) is 24.2 Å². The van der Waals surface area contributed by atoms with Gasteiger partial charge in [-0.2, -0.15) is 11.8 Å². The van der Waals surface area contributed by atoms with Gasteiger partial charge in [-0.05, 0) is 12.1 Å². The zero-order valence-electron chi connectivity index (χ0n) is 11.9. The third-order valence-corrected chi connectivity index (χ3v) is 4.52. The van der Waals surface area contributed by atoms with Crippen molar-refractivity contribution < 1.29 is 9.72 Å². The Morgan fingerprint density at radius 2 is 2.05 bits per heavy atom. The molecular formula is C13H18N4O3S. The second kappa shape index (κ2) is 6.31. The lowest BCUT2D eigenvalue weighted by Crippen LogP contribution is -2.44. The number of nitrogens with one attached hydrogen (secondary N) is 1. The molecule has 2 rings (SSSR count). The number of amides is 1. The zero-order valence-corrected chi connectivity index (χ0v) is 12.7. The summed E-state index contributed by atoms with van der Waals surface area (Å²) < 4.78 is 0. The summed E-state index contributed by atoms with van der Waals surface area (Å²) in [5.41, 5.74) is 2.75. The zero-order chi connectivity index (χ0) is 15.6. The van der Waals surface area contributed by atoms with Crippen LogP contribution in [0.2, 0.25) is 0 Å². The van der Waals surface area contributed by atoms with Crippen molar-refractivity contribution in [3.63, 3.8) is 0 Å². The minimum atomic E-state index is -0.543. The SMILES string of the molecule is CC1CN(C(=O)c2cc(NN)ccc2[N+](=O)[O-])CC(C)S1. The normalized spacial score (nSPS) is 22.0. The lowest BCUT2D eigenvalue weighted by Gasteiger charge is -2.34. The summed E-state index contributed by atoms with van der Waals surface area (Å²) in [5.74, 6) is 5.00. The van der Waals surface area contributed by atoms with Crippen LogP contribution in [0.15, 0.2) is 18.2 Å². The number of nitro groups is 1. The highest BCUT2D eigenvalue weighted by Crippen LogP contribution is 2.29. The van der Waals surface area contributed by atoms with Crippen LogP contribution in [0.3, 0.4) is 0 Å². The topological polar surface area (TPSA) is 102 Å². The first-order valence-corrected chi connectivity index (χ1v) is 7.56. The molecule has 1 saturated heterocycles. The van der Waals surface area contributed by atoms with E-state index >= 15 is 0 Å². The maximum absolute atomic E-state index is 12.6. The molecule has 0 aromatic heterocycles. The largest absolute Gasteiger partial charge is 0.336 e. The molecule has 1 amide bonds. The molecule has 3 N–H and O–H groups in total. The van der Waals surface area contributed by atoms with Crippen LogP contribution >= 0.6 is 11.8 Å². The van der Waals surface area contributed by atoms with Crippen molar-refractivity contribution in [1.82, 2.24) is 4.90 Å². The van der Waals surface area contributed by atoms with E-state index in [1.165, 1.54) is 18.2 Å². The molecule has 2 atom stereocenters. The van der Waals surface area contributed by atoms with Gasteiger partial charge in [-0.3, -0.25) is 20.8 Å². The number of nitrogen functional groups attached to an aromatic ring is 1. The summed E-state index contributed by atoms with van der Waals surface area (Å²) in [6.45, 7) is 5.27. The third-order valence-electron chi connectivity index (χ3n) is 3.30. The fourth-order valence-corrected chi connectivity index (χ4v) is 3.80. The predicted octanol–water partition coefficient (Wildman–Crippen LogP) is 1.85. The Balaban J connectivity index is 2.35. The van der Waals surface area contributed by atoms with Crippen LogP contribution in [0.25, 0.3) is 0 Å². The van der Waals surface area contributed by atoms with E-state index in [4.69, 9.17) is 5.84 Å². The molecule has 1 aliphatic rings. The Hall–Kier alpha value is -1.80. The Morgan fingerprint density at radius 1 is 1.43 bits per heavy atom. The minimum Gasteiger partial charge on any atom is -0.336 e. The molecule has 2 unspecified atom stereocenters. The number of rotatable bonds is 3. The standard InChI is InChI=1S/C13H18N4O3S/c1-8-6-16(7-9(2)21-8)13(18)11-5-10(15-14)3-4-12(11)17(19)20/h3-5,8-9,15H,6-7,14H2,1-2H3. The van der Waals surface area contributed by atoms with E-state index < -0.39 is 4.92 Å². The highest BCUT2D eigenvalue weighted by Gasteiger charge is 2.30. The van der Waals surface area contributed by atoms with Crippen molar-refractivity contribution in [3.8, 4) is 0 Å². The molecule has 114 valence electrons. The molecule has 0 bridgehead atoms. The smallest absolute Gasteiger partial charge is 0.282 e. The molecular weight excluding hydrogens is 292 g/mol. The maximum atomic E-state index is 12.6. The average Bonchev–Trinajstić information content (AvgIpc) is 2.44. The number of nitro benzene ring substituents is 1. The van der Waals surface area contributed by atoms with Gasteiger partial charge >= 0.3 is 0 Å². The summed E-state index contributed by atoms with van der Waals surface area (Å²) in [7, 11) is 0. The van der Waals surface area contributed by atoms with E-state index in [0.717, 1.165) is 0 Å². The fraction of sp³-hybridized carbons (Fsp3) is 0.462. The number of thioether (sulfide) groups is 1. The molecule has 0 saturated carbocycles. The van der Waals surface area contributed by atoms with Crippen LogP contribution in [0, 0.1) is 10.1 Å². The van der Waals surface area contributed by atoms with E-state index in [1.54, 1.807) is 4.90 Å². The number of nitrogens with two attached hydrogens (primary N) is 1. The minimum absolute atomic E-state index is 0.0711. The van der Waals surface area contributed by atoms with Gasteiger partial charge in [-0.25, -0.2) is 0 Å². The Kier molecular flexibility index (Phi) is 4.69. The van der Waals surface area contributed by atoms with Gasteiger partial charge in [-0.15, -0.1) is 0 Å². The molecule has 1 aliphatic heterocycles. The van der Waals surface area contributed by atoms with Crippen molar-refractivity contribution in [3.05, 3.63) is 33.9 Å². The highest BCUT2D eigenvalue weighted by molar-refractivity contribution is 8.00. The van der Waals surface area contributed by atoms with Crippen LogP contribution in [0.5, 0.6) is 0 Å². The second-order valence-electron chi connectivity index (χ2n) is 5.10. The quantitative estimate of drug-likeness (QED) is 0.502. The third kappa shape index (κ3) is 3.45. The van der Waals surface area contributed by atoms with Crippen molar-refractivity contribution in [1.29, 1.82) is 0 Å². The van der Waals surface area contributed by atoms with Crippen molar-refractivity contribution in [2.24, 2.45) is 5.84 Å². The fourth-order valence-electron chi connectivity index (χ4n) is 2.47. The number of hydrazine groups is 1. The van der Waals surface area contributed by atoms with Crippen molar-refractivity contribution >= 4 is 29.0 Å². The average molecular weight is 310 g/mol. The summed E-state index contributed by atoms with van der Waals surface area (Å²) in [6.07, 6.45) is 0. The highest BCUT2D eigenvalue weighted by atomic mass is 32.2. The molecule has 0 aliphatic carbocycles. The monoisotopic (exact) mass is 310 g/mol. The van der Waals surface area contributed by atoms with Gasteiger partial charge in [0.25, 0.3) is 11.6 Å². The number of nitrogens with zero attached hydrogens (tertiary/aromatic N) is 2. The molecule has 0 radical (unpaired) electrons. The van der Waals surface area contributed by atoms with E-state index in [-0.39, 0.29) is 17.2 Å². The Bertz CT molecular complexity index is 556.